The van der Waals surface area contributed by atoms with E-state index in [1.807, 2.05) is 30.3 Å². The van der Waals surface area contributed by atoms with E-state index in [-0.39, 0.29) is 0 Å². The predicted octanol–water partition coefficient (Wildman–Crippen LogP) is 4.48. The van der Waals surface area contributed by atoms with Crippen molar-refractivity contribution >= 4 is 49.3 Å². The van der Waals surface area contributed by atoms with E-state index < -0.39 is 0 Å². The third kappa shape index (κ3) is 3.72. The van der Waals surface area contributed by atoms with E-state index in [1.165, 1.54) is 0 Å². The lowest BCUT2D eigenvalue weighted by molar-refractivity contribution is 1.16. The smallest absolute Gasteiger partial charge is 0.0507 e. The molecule has 5 heteroatoms. The molecule has 0 fully saturated rings. The van der Waals surface area contributed by atoms with Gasteiger partial charge in [0.05, 0.1) is 5.69 Å². The first-order chi connectivity index (χ1) is 8.15. The van der Waals surface area contributed by atoms with Crippen LogP contribution in [0.25, 0.3) is 0 Å². The van der Waals surface area contributed by atoms with Gasteiger partial charge in [0.15, 0.2) is 0 Å². The molecule has 0 aliphatic carbocycles. The summed E-state index contributed by atoms with van der Waals surface area (Å²) in [6.07, 6.45) is 1.81. The molecule has 0 atom stereocenters. The third-order valence-corrected chi connectivity index (χ3v) is 4.21. The highest BCUT2D eigenvalue weighted by molar-refractivity contribution is 9.10. The fourth-order valence-electron chi connectivity index (χ4n) is 1.28. The van der Waals surface area contributed by atoms with E-state index in [0.29, 0.717) is 0 Å². The Balaban J connectivity index is 2.07. The highest BCUT2D eigenvalue weighted by Gasteiger charge is 2.02. The summed E-state index contributed by atoms with van der Waals surface area (Å²) in [5.74, 6) is 0.813. The van der Waals surface area contributed by atoms with E-state index in [4.69, 9.17) is 5.73 Å². The van der Waals surface area contributed by atoms with Crippen LogP contribution in [0, 0.1) is 0 Å². The normalized spacial score (nSPS) is 10.5. The van der Waals surface area contributed by atoms with Crippen molar-refractivity contribution in [2.45, 2.75) is 10.6 Å². The molecule has 0 aliphatic heterocycles. The molecule has 1 aromatic heterocycles. The van der Waals surface area contributed by atoms with Crippen molar-refractivity contribution in [3.8, 4) is 0 Å². The summed E-state index contributed by atoms with van der Waals surface area (Å²) in [6, 6.07) is 9.87. The number of rotatable bonds is 3. The number of hydrogen-bond donors (Lipinski definition) is 1. The average Bonchev–Trinajstić information content (AvgIpc) is 2.32. The van der Waals surface area contributed by atoms with Gasteiger partial charge in [-0.3, -0.25) is 4.98 Å². The van der Waals surface area contributed by atoms with Crippen LogP contribution in [0.5, 0.6) is 0 Å². The summed E-state index contributed by atoms with van der Waals surface area (Å²) in [5, 5.41) is 0. The lowest BCUT2D eigenvalue weighted by atomic mass is 10.3. The predicted molar refractivity (Wildman–Crippen MR) is 80.1 cm³/mol. The minimum Gasteiger partial charge on any atom is -0.398 e. The standard InChI is InChI=1S/C12H10Br2N2S/c13-8-2-4-11(15)12(5-8)17-7-10-3-1-9(14)6-16-10/h1-6H,7,15H2. The lowest BCUT2D eigenvalue weighted by Crippen LogP contribution is -1.90. The molecule has 0 saturated heterocycles. The zero-order valence-electron chi connectivity index (χ0n) is 8.86. The summed E-state index contributed by atoms with van der Waals surface area (Å²) in [5.41, 5.74) is 7.75. The Labute approximate surface area is 121 Å². The number of benzene rings is 1. The Morgan fingerprint density at radius 2 is 1.88 bits per heavy atom. The van der Waals surface area contributed by atoms with Crippen LogP contribution < -0.4 is 5.73 Å². The second kappa shape index (κ2) is 5.89. The highest BCUT2D eigenvalue weighted by atomic mass is 79.9. The number of thioether (sulfide) groups is 1. The first-order valence-corrected chi connectivity index (χ1v) is 7.50. The number of nitrogens with two attached hydrogens (primary N) is 1. The summed E-state index contributed by atoms with van der Waals surface area (Å²) in [7, 11) is 0. The molecule has 1 heterocycles. The highest BCUT2D eigenvalue weighted by Crippen LogP contribution is 2.30. The summed E-state index contributed by atoms with van der Waals surface area (Å²) in [4.78, 5) is 5.40. The van der Waals surface area contributed by atoms with Gasteiger partial charge >= 0.3 is 0 Å². The molecule has 0 radical (unpaired) electrons. The van der Waals surface area contributed by atoms with Gasteiger partial charge in [-0.25, -0.2) is 0 Å². The van der Waals surface area contributed by atoms with Crippen LogP contribution in [-0.4, -0.2) is 4.98 Å². The van der Waals surface area contributed by atoms with Gasteiger partial charge in [-0.2, -0.15) is 0 Å². The maximum atomic E-state index is 5.91. The van der Waals surface area contributed by atoms with Crippen molar-refractivity contribution in [2.75, 3.05) is 5.73 Å². The second-order valence-electron chi connectivity index (χ2n) is 3.44. The van der Waals surface area contributed by atoms with Gasteiger partial charge in [0.1, 0.15) is 0 Å². The summed E-state index contributed by atoms with van der Waals surface area (Å²) in [6.45, 7) is 0. The topological polar surface area (TPSA) is 38.9 Å². The summed E-state index contributed by atoms with van der Waals surface area (Å²) < 4.78 is 2.03. The molecule has 2 aromatic rings. The van der Waals surface area contributed by atoms with Crippen LogP contribution in [0.15, 0.2) is 50.4 Å². The molecule has 1 aromatic carbocycles. The molecule has 0 spiro atoms. The van der Waals surface area contributed by atoms with E-state index >= 15 is 0 Å². The number of anilines is 1. The van der Waals surface area contributed by atoms with Gasteiger partial charge < -0.3 is 5.73 Å². The molecule has 17 heavy (non-hydrogen) atoms. The third-order valence-electron chi connectivity index (χ3n) is 2.14. The lowest BCUT2D eigenvalue weighted by Gasteiger charge is -2.05. The Hall–Kier alpha value is -0.520. The first kappa shape index (κ1) is 12.9. The van der Waals surface area contributed by atoms with Crippen molar-refractivity contribution < 1.29 is 0 Å². The molecule has 0 bridgehead atoms. The molecule has 2 nitrogen and oxygen atoms in total. The van der Waals surface area contributed by atoms with Gasteiger partial charge in [-0.1, -0.05) is 15.9 Å². The van der Waals surface area contributed by atoms with Gasteiger partial charge in [-0.15, -0.1) is 11.8 Å². The van der Waals surface area contributed by atoms with Crippen LogP contribution in [0.3, 0.4) is 0 Å². The van der Waals surface area contributed by atoms with Crippen LogP contribution in [0.4, 0.5) is 5.69 Å². The van der Waals surface area contributed by atoms with Crippen LogP contribution >= 0.6 is 43.6 Å². The molecular weight excluding hydrogens is 364 g/mol. The quantitative estimate of drug-likeness (QED) is 0.636. The fourth-order valence-corrected chi connectivity index (χ4v) is 2.94. The van der Waals surface area contributed by atoms with Crippen LogP contribution in [0.2, 0.25) is 0 Å². The minimum atomic E-state index is 0.801. The van der Waals surface area contributed by atoms with Crippen molar-refractivity contribution in [2.24, 2.45) is 0 Å². The molecule has 0 aliphatic rings. The molecule has 88 valence electrons. The second-order valence-corrected chi connectivity index (χ2v) is 6.29. The maximum Gasteiger partial charge on any atom is 0.0507 e. The zero-order chi connectivity index (χ0) is 12.3. The Bertz CT molecular complexity index is 514. The summed E-state index contributed by atoms with van der Waals surface area (Å²) >= 11 is 8.50. The monoisotopic (exact) mass is 372 g/mol. The van der Waals surface area contributed by atoms with Gasteiger partial charge in [-0.05, 0) is 46.3 Å². The Morgan fingerprint density at radius 3 is 2.59 bits per heavy atom. The van der Waals surface area contributed by atoms with E-state index in [2.05, 4.69) is 36.8 Å². The van der Waals surface area contributed by atoms with Crippen LogP contribution in [0.1, 0.15) is 5.69 Å². The van der Waals surface area contributed by atoms with E-state index in [0.717, 1.165) is 31.0 Å². The van der Waals surface area contributed by atoms with E-state index in [1.54, 1.807) is 18.0 Å². The molecule has 0 saturated carbocycles. The number of nitrogen functional groups attached to an aromatic ring is 1. The average molecular weight is 374 g/mol. The molecule has 0 unspecified atom stereocenters. The number of hydrogen-bond acceptors (Lipinski definition) is 3. The van der Waals surface area contributed by atoms with Gasteiger partial charge in [0.25, 0.3) is 0 Å². The van der Waals surface area contributed by atoms with E-state index in [9.17, 15) is 0 Å². The largest absolute Gasteiger partial charge is 0.398 e. The van der Waals surface area contributed by atoms with Gasteiger partial charge in [0, 0.05) is 31.5 Å². The molecule has 2 N–H and O–H groups in total. The van der Waals surface area contributed by atoms with Crippen molar-refractivity contribution in [1.82, 2.24) is 4.98 Å². The van der Waals surface area contributed by atoms with Crippen molar-refractivity contribution in [3.05, 3.63) is 51.2 Å². The number of halogens is 2. The minimum absolute atomic E-state index is 0.801. The molecule has 0 amide bonds. The number of pyridine rings is 1. The Kier molecular flexibility index (Phi) is 4.48. The molecule has 2 rings (SSSR count). The van der Waals surface area contributed by atoms with Crippen molar-refractivity contribution in [1.29, 1.82) is 0 Å². The van der Waals surface area contributed by atoms with Crippen molar-refractivity contribution in [3.63, 3.8) is 0 Å². The van der Waals surface area contributed by atoms with Gasteiger partial charge in [0.2, 0.25) is 0 Å². The first-order valence-electron chi connectivity index (χ1n) is 4.93. The molecular formula is C12H10Br2N2S. The Morgan fingerprint density at radius 1 is 1.12 bits per heavy atom. The maximum absolute atomic E-state index is 5.91. The SMILES string of the molecule is Nc1ccc(Br)cc1SCc1ccc(Br)cn1. The van der Waals surface area contributed by atoms with Crippen LogP contribution in [-0.2, 0) is 5.75 Å². The number of nitrogens with zero attached hydrogens (tertiary/aromatic N) is 1. The number of aromatic nitrogens is 1. The fraction of sp³-hybridized carbons (Fsp3) is 0.0833. The zero-order valence-corrected chi connectivity index (χ0v) is 12.8.